The predicted octanol–water partition coefficient (Wildman–Crippen LogP) is 5.03. The third kappa shape index (κ3) is 5.99. The van der Waals surface area contributed by atoms with E-state index in [0.717, 1.165) is 36.3 Å². The van der Waals surface area contributed by atoms with E-state index in [2.05, 4.69) is 49.5 Å². The Bertz CT molecular complexity index is 909. The number of H-pyrrole nitrogens is 1. The van der Waals surface area contributed by atoms with Crippen molar-refractivity contribution in [1.82, 2.24) is 9.88 Å². The molecule has 0 bridgehead atoms. The third-order valence-electron chi connectivity index (χ3n) is 4.50. The molecule has 3 nitrogen and oxygen atoms in total. The zero-order valence-corrected chi connectivity index (χ0v) is 17.9. The van der Waals surface area contributed by atoms with Crippen molar-refractivity contribution < 1.29 is 0 Å². The first kappa shape index (κ1) is 21.3. The molecule has 0 unspecified atom stereocenters. The van der Waals surface area contributed by atoms with Gasteiger partial charge < -0.3 is 4.98 Å². The highest BCUT2D eigenvalue weighted by Crippen LogP contribution is 2.22. The minimum atomic E-state index is -0.135. The van der Waals surface area contributed by atoms with Crippen LogP contribution in [0.2, 0.25) is 5.02 Å². The first-order chi connectivity index (χ1) is 12.6. The van der Waals surface area contributed by atoms with Crippen molar-refractivity contribution in [2.45, 2.75) is 41.0 Å². The van der Waals surface area contributed by atoms with Crippen molar-refractivity contribution in [2.75, 3.05) is 20.1 Å². The van der Waals surface area contributed by atoms with Gasteiger partial charge in [-0.3, -0.25) is 9.69 Å². The first-order valence-corrected chi connectivity index (χ1v) is 9.63. The van der Waals surface area contributed by atoms with Crippen LogP contribution in [-0.2, 0) is 0 Å². The second kappa shape index (κ2) is 8.78. The van der Waals surface area contributed by atoms with Crippen LogP contribution in [0.3, 0.4) is 0 Å². The van der Waals surface area contributed by atoms with E-state index in [1.165, 1.54) is 0 Å². The van der Waals surface area contributed by atoms with Crippen molar-refractivity contribution in [3.8, 4) is 23.0 Å². The van der Waals surface area contributed by atoms with Gasteiger partial charge in [0.2, 0.25) is 5.43 Å². The molecule has 0 saturated carbocycles. The maximum atomic E-state index is 12.5. The van der Waals surface area contributed by atoms with Crippen molar-refractivity contribution >= 4 is 11.6 Å². The lowest BCUT2D eigenvalue weighted by molar-refractivity contribution is 0.283. The molecule has 2 aromatic rings. The van der Waals surface area contributed by atoms with E-state index >= 15 is 0 Å². The van der Waals surface area contributed by atoms with E-state index in [0.29, 0.717) is 16.7 Å². The average Bonchev–Trinajstić information content (AvgIpc) is 2.59. The molecule has 0 spiro atoms. The SMILES string of the molecule is Cc1[nH]c(C)c(-c2ccc(C#CCN(C)CCC(C)(C)C)cc2)c(=O)c1Cl. The highest BCUT2D eigenvalue weighted by molar-refractivity contribution is 6.31. The highest BCUT2D eigenvalue weighted by Gasteiger charge is 2.13. The van der Waals surface area contributed by atoms with E-state index in [-0.39, 0.29) is 10.5 Å². The zero-order valence-electron chi connectivity index (χ0n) is 17.2. The molecule has 1 aromatic heterocycles. The van der Waals surface area contributed by atoms with Gasteiger partial charge in [0.1, 0.15) is 5.02 Å². The van der Waals surface area contributed by atoms with Crippen LogP contribution in [0.25, 0.3) is 11.1 Å². The maximum Gasteiger partial charge on any atom is 0.208 e. The lowest BCUT2D eigenvalue weighted by atomic mass is 9.92. The number of aromatic amines is 1. The second-order valence-corrected chi connectivity index (χ2v) is 8.70. The van der Waals surface area contributed by atoms with Crippen molar-refractivity contribution in [2.24, 2.45) is 5.41 Å². The molecule has 0 atom stereocenters. The molecule has 4 heteroatoms. The first-order valence-electron chi connectivity index (χ1n) is 9.25. The Balaban J connectivity index is 2.10. The van der Waals surface area contributed by atoms with E-state index in [1.54, 1.807) is 6.92 Å². The molecule has 1 aromatic carbocycles. The molecule has 2 rings (SSSR count). The molecule has 27 heavy (non-hydrogen) atoms. The number of nitrogens with one attached hydrogen (secondary N) is 1. The number of pyridine rings is 1. The summed E-state index contributed by atoms with van der Waals surface area (Å²) in [5.41, 5.74) is 4.13. The van der Waals surface area contributed by atoms with Crippen LogP contribution in [0.15, 0.2) is 29.1 Å². The summed E-state index contributed by atoms with van der Waals surface area (Å²) in [4.78, 5) is 17.9. The van der Waals surface area contributed by atoms with Crippen LogP contribution < -0.4 is 5.43 Å². The maximum absolute atomic E-state index is 12.5. The standard InChI is InChI=1S/C23H29ClN2O/c1-16-20(22(27)21(24)17(2)25-16)19-11-9-18(10-12-19)8-7-14-26(6)15-13-23(3,4)5/h9-12H,13-15H2,1-6H3,(H,25,27). The summed E-state index contributed by atoms with van der Waals surface area (Å²) in [6, 6.07) is 7.75. The number of aromatic nitrogens is 1. The third-order valence-corrected chi connectivity index (χ3v) is 4.96. The zero-order chi connectivity index (χ0) is 20.2. The van der Waals surface area contributed by atoms with Gasteiger partial charge in [0, 0.05) is 22.5 Å². The normalized spacial score (nSPS) is 11.4. The molecule has 1 N–H and O–H groups in total. The minimum Gasteiger partial charge on any atom is -0.361 e. The summed E-state index contributed by atoms with van der Waals surface area (Å²) in [5, 5.41) is 0.248. The van der Waals surface area contributed by atoms with E-state index < -0.39 is 0 Å². The van der Waals surface area contributed by atoms with Gasteiger partial charge in [0.05, 0.1) is 6.54 Å². The molecular formula is C23H29ClN2O. The molecule has 0 radical (unpaired) electrons. The molecule has 0 fully saturated rings. The summed E-state index contributed by atoms with van der Waals surface area (Å²) < 4.78 is 0. The van der Waals surface area contributed by atoms with Crippen molar-refractivity contribution in [3.63, 3.8) is 0 Å². The summed E-state index contributed by atoms with van der Waals surface area (Å²) >= 11 is 6.12. The van der Waals surface area contributed by atoms with E-state index in [9.17, 15) is 4.79 Å². The van der Waals surface area contributed by atoms with Crippen LogP contribution >= 0.6 is 11.6 Å². The number of benzene rings is 1. The number of aryl methyl sites for hydroxylation is 2. The highest BCUT2D eigenvalue weighted by atomic mass is 35.5. The van der Waals surface area contributed by atoms with E-state index in [1.807, 2.05) is 31.2 Å². The Morgan fingerprint density at radius 1 is 1.11 bits per heavy atom. The molecule has 0 aliphatic carbocycles. The number of hydrogen-bond acceptors (Lipinski definition) is 2. The van der Waals surface area contributed by atoms with Gasteiger partial charge in [-0.1, -0.05) is 56.3 Å². The lowest BCUT2D eigenvalue weighted by Crippen LogP contribution is -2.23. The number of nitrogens with zero attached hydrogens (tertiary/aromatic N) is 1. The van der Waals surface area contributed by atoms with Crippen molar-refractivity contribution in [3.05, 3.63) is 56.5 Å². The fourth-order valence-corrected chi connectivity index (χ4v) is 2.94. The largest absolute Gasteiger partial charge is 0.361 e. The summed E-state index contributed by atoms with van der Waals surface area (Å²) in [7, 11) is 2.10. The van der Waals surface area contributed by atoms with E-state index in [4.69, 9.17) is 11.6 Å². The Morgan fingerprint density at radius 3 is 2.33 bits per heavy atom. The fourth-order valence-electron chi connectivity index (χ4n) is 2.80. The number of hydrogen-bond donors (Lipinski definition) is 1. The Morgan fingerprint density at radius 2 is 1.74 bits per heavy atom. The monoisotopic (exact) mass is 384 g/mol. The number of rotatable bonds is 4. The van der Waals surface area contributed by atoms with Crippen LogP contribution in [0, 0.1) is 31.1 Å². The van der Waals surface area contributed by atoms with Crippen LogP contribution in [0.4, 0.5) is 0 Å². The van der Waals surface area contributed by atoms with Gasteiger partial charge in [-0.15, -0.1) is 0 Å². The molecule has 0 saturated heterocycles. The predicted molar refractivity (Wildman–Crippen MR) is 115 cm³/mol. The lowest BCUT2D eigenvalue weighted by Gasteiger charge is -2.21. The van der Waals surface area contributed by atoms with Gasteiger partial charge in [-0.25, -0.2) is 0 Å². The second-order valence-electron chi connectivity index (χ2n) is 8.32. The van der Waals surface area contributed by atoms with Gasteiger partial charge in [0.15, 0.2) is 0 Å². The average molecular weight is 385 g/mol. The number of halogens is 1. The minimum absolute atomic E-state index is 0.135. The fraction of sp³-hybridized carbons (Fsp3) is 0.435. The molecule has 0 aliphatic heterocycles. The molecule has 1 heterocycles. The molecular weight excluding hydrogens is 356 g/mol. The molecule has 0 aliphatic rings. The van der Waals surface area contributed by atoms with Gasteiger partial charge in [0.25, 0.3) is 0 Å². The Labute approximate surface area is 167 Å². The van der Waals surface area contributed by atoms with Gasteiger partial charge >= 0.3 is 0 Å². The van der Waals surface area contributed by atoms with Crippen LogP contribution in [-0.4, -0.2) is 30.0 Å². The smallest absolute Gasteiger partial charge is 0.208 e. The topological polar surface area (TPSA) is 36.1 Å². The summed E-state index contributed by atoms with van der Waals surface area (Å²) in [6.45, 7) is 12.2. The van der Waals surface area contributed by atoms with Gasteiger partial charge in [-0.05, 0) is 57.0 Å². The molecule has 0 amide bonds. The van der Waals surface area contributed by atoms with Crippen LogP contribution in [0.5, 0.6) is 0 Å². The van der Waals surface area contributed by atoms with Crippen molar-refractivity contribution in [1.29, 1.82) is 0 Å². The Kier molecular flexibility index (Phi) is 6.92. The summed E-state index contributed by atoms with van der Waals surface area (Å²) in [6.07, 6.45) is 1.15. The molecule has 144 valence electrons. The van der Waals surface area contributed by atoms with Crippen LogP contribution in [0.1, 0.15) is 44.1 Å². The van der Waals surface area contributed by atoms with Gasteiger partial charge in [-0.2, -0.15) is 0 Å². The quantitative estimate of drug-likeness (QED) is 0.750. The summed E-state index contributed by atoms with van der Waals surface area (Å²) in [5.74, 6) is 6.42. The Hall–Kier alpha value is -2.02.